The first-order valence-electron chi connectivity index (χ1n) is 6.68. The maximum atomic E-state index is 8.84. The van der Waals surface area contributed by atoms with Gasteiger partial charge in [-0.1, -0.05) is 13.3 Å². The molecule has 19 heavy (non-hydrogen) atoms. The van der Waals surface area contributed by atoms with Gasteiger partial charge in [-0.15, -0.1) is 0 Å². The molecule has 0 fully saturated rings. The molecule has 1 aliphatic heterocycles. The van der Waals surface area contributed by atoms with Crippen LogP contribution in [0, 0.1) is 11.3 Å². The van der Waals surface area contributed by atoms with E-state index in [1.54, 1.807) is 0 Å². The minimum atomic E-state index is 0.675. The molecule has 0 spiro atoms. The van der Waals surface area contributed by atoms with E-state index in [0.717, 1.165) is 37.3 Å². The van der Waals surface area contributed by atoms with Crippen molar-refractivity contribution >= 4 is 5.82 Å². The fourth-order valence-corrected chi connectivity index (χ4v) is 2.55. The average Bonchev–Trinajstić information content (AvgIpc) is 3.03. The molecule has 0 saturated carbocycles. The van der Waals surface area contributed by atoms with E-state index in [2.05, 4.69) is 18.3 Å². The first kappa shape index (κ1) is 11.8. The minimum Gasteiger partial charge on any atom is -0.369 e. The molecule has 4 heteroatoms. The minimum absolute atomic E-state index is 0.675. The molecule has 0 bridgehead atoms. The molecular weight excluding hydrogens is 236 g/mol. The van der Waals surface area contributed by atoms with Crippen molar-refractivity contribution in [3.63, 3.8) is 0 Å². The third-order valence-electron chi connectivity index (χ3n) is 3.46. The number of nitriles is 1. The van der Waals surface area contributed by atoms with Gasteiger partial charge in [-0.25, -0.2) is 4.68 Å². The number of aromatic nitrogens is 2. The summed E-state index contributed by atoms with van der Waals surface area (Å²) >= 11 is 0. The standard InChI is InChI=1S/C15H16N4/c1-2-3-14-13-8-9-17-15(13)19(18-14)12-6-4-11(10-16)5-7-12/h4-7,17H,2-3,8-9H2,1H3. The Balaban J connectivity index is 2.05. The van der Waals surface area contributed by atoms with Crippen LogP contribution in [0.4, 0.5) is 5.82 Å². The van der Waals surface area contributed by atoms with Crippen molar-refractivity contribution in [2.24, 2.45) is 0 Å². The molecule has 1 aromatic heterocycles. The van der Waals surface area contributed by atoms with Gasteiger partial charge in [0.05, 0.1) is 23.0 Å². The number of anilines is 1. The summed E-state index contributed by atoms with van der Waals surface area (Å²) in [5.41, 5.74) is 4.24. The summed E-state index contributed by atoms with van der Waals surface area (Å²) in [6.45, 7) is 3.16. The first-order valence-corrected chi connectivity index (χ1v) is 6.68. The van der Waals surface area contributed by atoms with E-state index < -0.39 is 0 Å². The van der Waals surface area contributed by atoms with Crippen molar-refractivity contribution in [2.75, 3.05) is 11.9 Å². The van der Waals surface area contributed by atoms with Gasteiger partial charge in [0.2, 0.25) is 0 Å². The monoisotopic (exact) mass is 252 g/mol. The van der Waals surface area contributed by atoms with Gasteiger partial charge in [-0.05, 0) is 37.1 Å². The molecule has 2 aromatic rings. The van der Waals surface area contributed by atoms with E-state index in [1.165, 1.54) is 11.3 Å². The Morgan fingerprint density at radius 2 is 2.16 bits per heavy atom. The highest BCUT2D eigenvalue weighted by Gasteiger charge is 2.22. The molecule has 1 aliphatic rings. The Labute approximate surface area is 112 Å². The molecule has 0 aliphatic carbocycles. The largest absolute Gasteiger partial charge is 0.369 e. The highest BCUT2D eigenvalue weighted by molar-refractivity contribution is 5.57. The van der Waals surface area contributed by atoms with Gasteiger partial charge in [0, 0.05) is 12.1 Å². The van der Waals surface area contributed by atoms with Gasteiger partial charge >= 0.3 is 0 Å². The normalized spacial score (nSPS) is 12.8. The Morgan fingerprint density at radius 3 is 2.84 bits per heavy atom. The van der Waals surface area contributed by atoms with E-state index in [4.69, 9.17) is 10.4 Å². The molecule has 1 N–H and O–H groups in total. The topological polar surface area (TPSA) is 53.6 Å². The summed E-state index contributed by atoms with van der Waals surface area (Å²) in [5, 5.41) is 17.0. The van der Waals surface area contributed by atoms with Crippen molar-refractivity contribution in [3.8, 4) is 11.8 Å². The van der Waals surface area contributed by atoms with E-state index in [1.807, 2.05) is 28.9 Å². The van der Waals surface area contributed by atoms with Gasteiger partial charge in [0.1, 0.15) is 5.82 Å². The van der Waals surface area contributed by atoms with E-state index in [9.17, 15) is 0 Å². The van der Waals surface area contributed by atoms with Gasteiger partial charge < -0.3 is 5.32 Å². The second-order valence-electron chi connectivity index (χ2n) is 4.77. The average molecular weight is 252 g/mol. The molecule has 1 aromatic carbocycles. The van der Waals surface area contributed by atoms with Crippen LogP contribution < -0.4 is 5.32 Å². The molecule has 96 valence electrons. The SMILES string of the molecule is CCCc1nn(-c2ccc(C#N)cc2)c2c1CCN2. The van der Waals surface area contributed by atoms with Crippen LogP contribution >= 0.6 is 0 Å². The highest BCUT2D eigenvalue weighted by atomic mass is 15.3. The molecular formula is C15H16N4. The molecule has 0 atom stereocenters. The molecule has 0 unspecified atom stereocenters. The zero-order valence-electron chi connectivity index (χ0n) is 11.0. The lowest BCUT2D eigenvalue weighted by atomic mass is 10.1. The zero-order valence-corrected chi connectivity index (χ0v) is 11.0. The summed E-state index contributed by atoms with van der Waals surface area (Å²) in [6.07, 6.45) is 3.19. The quantitative estimate of drug-likeness (QED) is 0.913. The van der Waals surface area contributed by atoms with Gasteiger partial charge in [0.25, 0.3) is 0 Å². The molecule has 3 rings (SSSR count). The predicted molar refractivity (Wildman–Crippen MR) is 74.5 cm³/mol. The predicted octanol–water partition coefficient (Wildman–Crippen LogP) is 2.66. The Hall–Kier alpha value is -2.28. The number of aryl methyl sites for hydroxylation is 1. The van der Waals surface area contributed by atoms with Crippen LogP contribution in [-0.4, -0.2) is 16.3 Å². The van der Waals surface area contributed by atoms with Crippen molar-refractivity contribution < 1.29 is 0 Å². The number of nitrogens with zero attached hydrogens (tertiary/aromatic N) is 3. The van der Waals surface area contributed by atoms with Crippen LogP contribution in [0.5, 0.6) is 0 Å². The summed E-state index contributed by atoms with van der Waals surface area (Å²) in [6, 6.07) is 9.69. The maximum Gasteiger partial charge on any atom is 0.133 e. The Kier molecular flexibility index (Phi) is 2.96. The Morgan fingerprint density at radius 1 is 1.37 bits per heavy atom. The van der Waals surface area contributed by atoms with Crippen molar-refractivity contribution in [1.82, 2.24) is 9.78 Å². The van der Waals surface area contributed by atoms with Crippen molar-refractivity contribution in [2.45, 2.75) is 26.2 Å². The zero-order chi connectivity index (χ0) is 13.2. The van der Waals surface area contributed by atoms with Crippen molar-refractivity contribution in [1.29, 1.82) is 5.26 Å². The number of rotatable bonds is 3. The van der Waals surface area contributed by atoms with E-state index in [-0.39, 0.29) is 0 Å². The number of hydrogen-bond acceptors (Lipinski definition) is 3. The van der Waals surface area contributed by atoms with Crippen LogP contribution in [0.15, 0.2) is 24.3 Å². The number of benzene rings is 1. The van der Waals surface area contributed by atoms with Crippen LogP contribution in [0.25, 0.3) is 5.69 Å². The van der Waals surface area contributed by atoms with Crippen LogP contribution in [0.3, 0.4) is 0 Å². The first-order chi connectivity index (χ1) is 9.33. The smallest absolute Gasteiger partial charge is 0.133 e. The number of fused-ring (bicyclic) bond motifs is 1. The summed E-state index contributed by atoms with van der Waals surface area (Å²) in [5.74, 6) is 1.12. The third-order valence-corrected chi connectivity index (χ3v) is 3.46. The fourth-order valence-electron chi connectivity index (χ4n) is 2.55. The molecule has 0 radical (unpaired) electrons. The lowest BCUT2D eigenvalue weighted by molar-refractivity contribution is 0.796. The highest BCUT2D eigenvalue weighted by Crippen LogP contribution is 2.29. The lowest BCUT2D eigenvalue weighted by Crippen LogP contribution is -2.04. The van der Waals surface area contributed by atoms with Crippen LogP contribution in [0.2, 0.25) is 0 Å². The van der Waals surface area contributed by atoms with E-state index in [0.29, 0.717) is 5.56 Å². The summed E-state index contributed by atoms with van der Waals surface area (Å²) in [4.78, 5) is 0. The second-order valence-corrected chi connectivity index (χ2v) is 4.77. The summed E-state index contributed by atoms with van der Waals surface area (Å²) < 4.78 is 1.97. The van der Waals surface area contributed by atoms with Crippen molar-refractivity contribution in [3.05, 3.63) is 41.1 Å². The maximum absolute atomic E-state index is 8.84. The fraction of sp³-hybridized carbons (Fsp3) is 0.333. The molecule has 0 amide bonds. The lowest BCUT2D eigenvalue weighted by Gasteiger charge is -2.06. The third kappa shape index (κ3) is 1.97. The second kappa shape index (κ2) is 4.77. The van der Waals surface area contributed by atoms with Gasteiger partial charge in [-0.3, -0.25) is 0 Å². The van der Waals surface area contributed by atoms with Crippen LogP contribution in [-0.2, 0) is 12.8 Å². The van der Waals surface area contributed by atoms with Gasteiger partial charge in [0.15, 0.2) is 0 Å². The number of hydrogen-bond donors (Lipinski definition) is 1. The number of nitrogens with one attached hydrogen (secondary N) is 1. The van der Waals surface area contributed by atoms with E-state index >= 15 is 0 Å². The Bertz CT molecular complexity index is 631. The van der Waals surface area contributed by atoms with Gasteiger partial charge in [-0.2, -0.15) is 10.4 Å². The van der Waals surface area contributed by atoms with Crippen LogP contribution in [0.1, 0.15) is 30.2 Å². The molecule has 4 nitrogen and oxygen atoms in total. The molecule has 0 saturated heterocycles. The molecule has 2 heterocycles. The summed E-state index contributed by atoms with van der Waals surface area (Å²) in [7, 11) is 0.